The number of aliphatic hydroxyl groups is 1. The van der Waals surface area contributed by atoms with Gasteiger partial charge in [-0.15, -0.1) is 0 Å². The lowest BCUT2D eigenvalue weighted by atomic mass is 10.1. The summed E-state index contributed by atoms with van der Waals surface area (Å²) < 4.78 is 5.11. The number of ether oxygens (including phenoxy) is 1. The minimum Gasteiger partial charge on any atom is -0.510 e. The van der Waals surface area contributed by atoms with Crippen LogP contribution in [0.3, 0.4) is 0 Å². The maximum Gasteiger partial charge on any atom is 0.258 e. The van der Waals surface area contributed by atoms with Gasteiger partial charge < -0.3 is 14.7 Å². The molecule has 1 N–H and O–H groups in total. The van der Waals surface area contributed by atoms with Gasteiger partial charge in [-0.05, 0) is 23.3 Å². The summed E-state index contributed by atoms with van der Waals surface area (Å²) in [5, 5.41) is 10.2. The van der Waals surface area contributed by atoms with Gasteiger partial charge in [0, 0.05) is 6.54 Å². The average Bonchev–Trinajstić information content (AvgIpc) is 2.82. The molecule has 0 aliphatic carbocycles. The zero-order chi connectivity index (χ0) is 15.5. The number of aliphatic hydroxyl groups excluding tert-OH is 1. The Hall–Kier alpha value is -2.75. The molecule has 0 spiro atoms. The van der Waals surface area contributed by atoms with Crippen LogP contribution in [0.4, 0.5) is 0 Å². The third kappa shape index (κ3) is 2.68. The predicted molar refractivity (Wildman–Crippen MR) is 84.4 cm³/mol. The van der Waals surface area contributed by atoms with Crippen molar-refractivity contribution < 1.29 is 14.6 Å². The van der Waals surface area contributed by atoms with Crippen molar-refractivity contribution in [3.05, 3.63) is 71.5 Å². The van der Waals surface area contributed by atoms with Gasteiger partial charge in [0.25, 0.3) is 5.91 Å². The lowest BCUT2D eigenvalue weighted by Gasteiger charge is -2.16. The molecule has 1 amide bonds. The Morgan fingerprint density at radius 1 is 1.09 bits per heavy atom. The van der Waals surface area contributed by atoms with Gasteiger partial charge in [0.2, 0.25) is 0 Å². The zero-order valence-corrected chi connectivity index (χ0v) is 12.3. The van der Waals surface area contributed by atoms with Gasteiger partial charge in [-0.2, -0.15) is 0 Å². The van der Waals surface area contributed by atoms with Crippen molar-refractivity contribution in [1.29, 1.82) is 0 Å². The Morgan fingerprint density at radius 2 is 1.77 bits per heavy atom. The Balaban J connectivity index is 1.80. The molecule has 1 aliphatic rings. The van der Waals surface area contributed by atoms with Crippen LogP contribution in [0.15, 0.2) is 60.4 Å². The van der Waals surface area contributed by atoms with Crippen molar-refractivity contribution in [1.82, 2.24) is 4.90 Å². The number of carbonyl (C=O) groups is 1. The average molecular weight is 295 g/mol. The second-order valence-electron chi connectivity index (χ2n) is 5.20. The highest BCUT2D eigenvalue weighted by Crippen LogP contribution is 2.29. The Kier molecular flexibility index (Phi) is 3.83. The van der Waals surface area contributed by atoms with E-state index in [0.717, 1.165) is 11.3 Å². The topological polar surface area (TPSA) is 49.8 Å². The monoisotopic (exact) mass is 295 g/mol. The fraction of sp³-hybridized carbons (Fsp3) is 0.167. The van der Waals surface area contributed by atoms with Crippen LogP contribution in [0.2, 0.25) is 0 Å². The molecule has 2 aromatic carbocycles. The van der Waals surface area contributed by atoms with Crippen LogP contribution >= 0.6 is 0 Å². The third-order valence-electron chi connectivity index (χ3n) is 3.73. The zero-order valence-electron chi connectivity index (χ0n) is 12.3. The number of nitrogens with zero attached hydrogens (tertiary/aromatic N) is 1. The highest BCUT2D eigenvalue weighted by atomic mass is 16.5. The van der Waals surface area contributed by atoms with E-state index in [9.17, 15) is 9.90 Å². The van der Waals surface area contributed by atoms with E-state index in [4.69, 9.17) is 4.74 Å². The molecule has 4 heteroatoms. The summed E-state index contributed by atoms with van der Waals surface area (Å²) in [4.78, 5) is 14.2. The first kappa shape index (κ1) is 14.2. The first-order valence-corrected chi connectivity index (χ1v) is 7.09. The van der Waals surface area contributed by atoms with Crippen LogP contribution in [-0.2, 0) is 11.3 Å². The van der Waals surface area contributed by atoms with Crippen molar-refractivity contribution in [2.75, 3.05) is 13.7 Å². The van der Waals surface area contributed by atoms with Crippen molar-refractivity contribution in [2.24, 2.45) is 0 Å². The Labute approximate surface area is 129 Å². The molecule has 0 fully saturated rings. The molecular weight excluding hydrogens is 278 g/mol. The van der Waals surface area contributed by atoms with Crippen LogP contribution in [0.5, 0.6) is 5.75 Å². The molecule has 0 radical (unpaired) electrons. The number of rotatable bonds is 4. The Morgan fingerprint density at radius 3 is 2.41 bits per heavy atom. The molecular formula is C18H17NO3. The van der Waals surface area contributed by atoms with Crippen molar-refractivity contribution >= 4 is 11.5 Å². The largest absolute Gasteiger partial charge is 0.510 e. The SMILES string of the molecule is COc1ccc(C2=C(O)CN(Cc3ccccc3)C2=O)cc1. The van der Waals surface area contributed by atoms with Gasteiger partial charge in [-0.1, -0.05) is 42.5 Å². The summed E-state index contributed by atoms with van der Waals surface area (Å²) in [6.45, 7) is 0.735. The standard InChI is InChI=1S/C18H17NO3/c1-22-15-9-7-14(8-10-15)17-16(20)12-19(18(17)21)11-13-5-3-2-4-6-13/h2-10,20H,11-12H2,1H3. The number of amides is 1. The third-order valence-corrected chi connectivity index (χ3v) is 3.73. The molecule has 0 saturated heterocycles. The molecule has 0 unspecified atom stereocenters. The number of hydrogen-bond donors (Lipinski definition) is 1. The van der Waals surface area contributed by atoms with Crippen LogP contribution in [0, 0.1) is 0 Å². The molecule has 1 heterocycles. The molecule has 0 bridgehead atoms. The van der Waals surface area contributed by atoms with Crippen molar-refractivity contribution in [2.45, 2.75) is 6.54 Å². The lowest BCUT2D eigenvalue weighted by Crippen LogP contribution is -2.26. The summed E-state index contributed by atoms with van der Waals surface area (Å²) in [6, 6.07) is 16.9. The molecule has 3 rings (SSSR count). The summed E-state index contributed by atoms with van der Waals surface area (Å²) in [5.74, 6) is 0.688. The molecule has 2 aromatic rings. The summed E-state index contributed by atoms with van der Waals surface area (Å²) in [5.41, 5.74) is 2.12. The van der Waals surface area contributed by atoms with Gasteiger partial charge in [-0.3, -0.25) is 4.79 Å². The summed E-state index contributed by atoms with van der Waals surface area (Å²) >= 11 is 0. The number of methoxy groups -OCH3 is 1. The summed E-state index contributed by atoms with van der Waals surface area (Å²) in [7, 11) is 1.59. The maximum atomic E-state index is 12.6. The molecule has 4 nitrogen and oxygen atoms in total. The number of hydrogen-bond acceptors (Lipinski definition) is 3. The molecule has 112 valence electrons. The van der Waals surface area contributed by atoms with E-state index in [1.807, 2.05) is 30.3 Å². The minimum atomic E-state index is -0.147. The maximum absolute atomic E-state index is 12.6. The van der Waals surface area contributed by atoms with E-state index in [1.165, 1.54) is 0 Å². The van der Waals surface area contributed by atoms with Gasteiger partial charge in [0.1, 0.15) is 11.5 Å². The lowest BCUT2D eigenvalue weighted by molar-refractivity contribution is -0.124. The van der Waals surface area contributed by atoms with Crippen molar-refractivity contribution in [3.8, 4) is 5.75 Å². The molecule has 0 saturated carbocycles. The van der Waals surface area contributed by atoms with E-state index in [-0.39, 0.29) is 18.2 Å². The van der Waals surface area contributed by atoms with Crippen molar-refractivity contribution in [3.63, 3.8) is 0 Å². The predicted octanol–water partition coefficient (Wildman–Crippen LogP) is 3.01. The highest BCUT2D eigenvalue weighted by Gasteiger charge is 2.31. The molecule has 1 aliphatic heterocycles. The van der Waals surface area contributed by atoms with E-state index in [1.54, 1.807) is 36.3 Å². The minimum absolute atomic E-state index is 0.117. The van der Waals surface area contributed by atoms with E-state index >= 15 is 0 Å². The highest BCUT2D eigenvalue weighted by molar-refractivity contribution is 6.22. The van der Waals surface area contributed by atoms with E-state index < -0.39 is 0 Å². The molecule has 0 atom stereocenters. The first-order valence-electron chi connectivity index (χ1n) is 7.09. The van der Waals surface area contributed by atoms with E-state index in [0.29, 0.717) is 17.7 Å². The second kappa shape index (κ2) is 5.93. The number of carbonyl (C=O) groups excluding carboxylic acids is 1. The van der Waals surface area contributed by atoms with Gasteiger partial charge >= 0.3 is 0 Å². The second-order valence-corrected chi connectivity index (χ2v) is 5.20. The van der Waals surface area contributed by atoms with Gasteiger partial charge in [0.05, 0.1) is 19.2 Å². The van der Waals surface area contributed by atoms with Crippen LogP contribution in [0.1, 0.15) is 11.1 Å². The smallest absolute Gasteiger partial charge is 0.258 e. The molecule has 0 aromatic heterocycles. The summed E-state index contributed by atoms with van der Waals surface area (Å²) in [6.07, 6.45) is 0. The van der Waals surface area contributed by atoms with Gasteiger partial charge in [0.15, 0.2) is 0 Å². The van der Waals surface area contributed by atoms with Crippen LogP contribution < -0.4 is 4.74 Å². The first-order chi connectivity index (χ1) is 10.7. The van der Waals surface area contributed by atoms with Crippen LogP contribution in [-0.4, -0.2) is 29.6 Å². The normalized spacial score (nSPS) is 14.6. The van der Waals surface area contributed by atoms with E-state index in [2.05, 4.69) is 0 Å². The fourth-order valence-corrected chi connectivity index (χ4v) is 2.59. The Bertz CT molecular complexity index is 705. The molecule has 22 heavy (non-hydrogen) atoms. The van der Waals surface area contributed by atoms with Gasteiger partial charge in [-0.25, -0.2) is 0 Å². The van der Waals surface area contributed by atoms with Crippen LogP contribution in [0.25, 0.3) is 5.57 Å². The quantitative estimate of drug-likeness (QED) is 0.943. The fourth-order valence-electron chi connectivity index (χ4n) is 2.59. The number of benzene rings is 2.